The number of methoxy groups -OCH3 is 1. The van der Waals surface area contributed by atoms with E-state index in [0.29, 0.717) is 24.5 Å². The highest BCUT2D eigenvalue weighted by molar-refractivity contribution is 5.96. The van der Waals surface area contributed by atoms with Gasteiger partial charge in [-0.05, 0) is 42.8 Å². The summed E-state index contributed by atoms with van der Waals surface area (Å²) in [5.41, 5.74) is 1.36. The second-order valence-electron chi connectivity index (χ2n) is 6.84. The predicted octanol–water partition coefficient (Wildman–Crippen LogP) is 1.36. The zero-order valence-electron chi connectivity index (χ0n) is 16.7. The Balaban J connectivity index is 1.42. The van der Waals surface area contributed by atoms with Gasteiger partial charge in [-0.15, -0.1) is 0 Å². The third-order valence-corrected chi connectivity index (χ3v) is 4.63. The van der Waals surface area contributed by atoms with Crippen LogP contribution in [-0.2, 0) is 16.1 Å². The number of hydrogen-bond donors (Lipinski definition) is 2. The highest BCUT2D eigenvalue weighted by Crippen LogP contribution is 2.15. The monoisotopic (exact) mass is 398 g/mol. The van der Waals surface area contributed by atoms with Gasteiger partial charge in [-0.2, -0.15) is 0 Å². The van der Waals surface area contributed by atoms with E-state index in [2.05, 4.69) is 20.5 Å². The number of nitrogens with zero attached hydrogens (tertiary/aromatic N) is 2. The van der Waals surface area contributed by atoms with E-state index in [1.54, 1.807) is 37.6 Å². The lowest BCUT2D eigenvalue weighted by molar-refractivity contribution is -0.120. The average molecular weight is 398 g/mol. The number of hydrogen-bond acceptors (Lipinski definition) is 6. The Kier molecular flexibility index (Phi) is 7.02. The first kappa shape index (κ1) is 20.6. The Morgan fingerprint density at radius 2 is 2.00 bits per heavy atom. The number of amides is 2. The van der Waals surface area contributed by atoms with Gasteiger partial charge in [0.25, 0.3) is 5.91 Å². The molecule has 1 aliphatic rings. The van der Waals surface area contributed by atoms with Crippen LogP contribution in [-0.4, -0.2) is 56.3 Å². The number of aromatic nitrogens is 1. The molecule has 2 amide bonds. The fourth-order valence-corrected chi connectivity index (χ4v) is 3.00. The molecule has 0 bridgehead atoms. The molecule has 3 rings (SSSR count). The smallest absolute Gasteiger partial charge is 0.251 e. The lowest BCUT2D eigenvalue weighted by Crippen LogP contribution is -2.41. The normalized spacial score (nSPS) is 16.2. The standard InChI is InChI=1S/C21H26N4O4/c1-15-14-25(9-10-29-15)19-8-3-16(11-22-19)12-23-20(26)13-24-21(27)17-4-6-18(28-2)7-5-17/h3-8,11,15H,9-10,12-14H2,1-2H3,(H,23,26)(H,24,27). The highest BCUT2D eigenvalue weighted by Gasteiger charge is 2.17. The van der Waals surface area contributed by atoms with Gasteiger partial charge >= 0.3 is 0 Å². The number of carbonyl (C=O) groups is 2. The second-order valence-corrected chi connectivity index (χ2v) is 6.84. The highest BCUT2D eigenvalue weighted by atomic mass is 16.5. The van der Waals surface area contributed by atoms with Crippen molar-refractivity contribution in [1.29, 1.82) is 0 Å². The zero-order valence-corrected chi connectivity index (χ0v) is 16.7. The lowest BCUT2D eigenvalue weighted by Gasteiger charge is -2.32. The van der Waals surface area contributed by atoms with Gasteiger partial charge in [0.15, 0.2) is 0 Å². The lowest BCUT2D eigenvalue weighted by atomic mass is 10.2. The molecule has 0 radical (unpaired) electrons. The van der Waals surface area contributed by atoms with Gasteiger partial charge < -0.3 is 25.0 Å². The van der Waals surface area contributed by atoms with E-state index >= 15 is 0 Å². The van der Waals surface area contributed by atoms with Crippen LogP contribution >= 0.6 is 0 Å². The van der Waals surface area contributed by atoms with Crippen molar-refractivity contribution < 1.29 is 19.1 Å². The van der Waals surface area contributed by atoms with Crippen LogP contribution in [0.5, 0.6) is 5.75 Å². The first-order chi connectivity index (χ1) is 14.0. The summed E-state index contributed by atoms with van der Waals surface area (Å²) in [5, 5.41) is 5.39. The molecular weight excluding hydrogens is 372 g/mol. The number of ether oxygens (including phenoxy) is 2. The van der Waals surface area contributed by atoms with Gasteiger partial charge in [-0.3, -0.25) is 9.59 Å². The van der Waals surface area contributed by atoms with Gasteiger partial charge in [0.05, 0.1) is 26.4 Å². The van der Waals surface area contributed by atoms with Gasteiger partial charge in [0.2, 0.25) is 5.91 Å². The number of nitrogens with one attached hydrogen (secondary N) is 2. The fraction of sp³-hybridized carbons (Fsp3) is 0.381. The summed E-state index contributed by atoms with van der Waals surface area (Å²) in [6, 6.07) is 10.6. The second kappa shape index (κ2) is 9.88. The summed E-state index contributed by atoms with van der Waals surface area (Å²) in [6.45, 7) is 4.64. The zero-order chi connectivity index (χ0) is 20.6. The van der Waals surface area contributed by atoms with Gasteiger partial charge in [0, 0.05) is 31.4 Å². The number of pyridine rings is 1. The molecule has 0 saturated carbocycles. The van der Waals surface area contributed by atoms with E-state index < -0.39 is 0 Å². The van der Waals surface area contributed by atoms with Crippen LogP contribution in [0.4, 0.5) is 5.82 Å². The van der Waals surface area contributed by atoms with Crippen molar-refractivity contribution in [2.24, 2.45) is 0 Å². The molecule has 0 spiro atoms. The maximum absolute atomic E-state index is 12.1. The summed E-state index contributed by atoms with van der Waals surface area (Å²) >= 11 is 0. The number of rotatable bonds is 7. The van der Waals surface area contributed by atoms with Crippen LogP contribution in [0, 0.1) is 0 Å². The summed E-state index contributed by atoms with van der Waals surface area (Å²) in [5.74, 6) is 0.996. The molecule has 1 saturated heterocycles. The summed E-state index contributed by atoms with van der Waals surface area (Å²) in [6.07, 6.45) is 1.95. The van der Waals surface area contributed by atoms with Crippen molar-refractivity contribution in [3.8, 4) is 5.75 Å². The molecule has 1 aromatic heterocycles. The first-order valence-electron chi connectivity index (χ1n) is 9.55. The molecule has 2 heterocycles. The molecule has 1 unspecified atom stereocenters. The first-order valence-corrected chi connectivity index (χ1v) is 9.55. The van der Waals surface area contributed by atoms with Gasteiger partial charge in [-0.25, -0.2) is 4.98 Å². The van der Waals surface area contributed by atoms with E-state index in [9.17, 15) is 9.59 Å². The Hall–Kier alpha value is -3.13. The third-order valence-electron chi connectivity index (χ3n) is 4.63. The molecule has 1 fully saturated rings. The van der Waals surface area contributed by atoms with E-state index in [1.165, 1.54) is 0 Å². The average Bonchev–Trinajstić information content (AvgIpc) is 2.76. The summed E-state index contributed by atoms with van der Waals surface area (Å²) in [4.78, 5) is 30.8. The van der Waals surface area contributed by atoms with Crippen molar-refractivity contribution in [2.75, 3.05) is 38.3 Å². The number of anilines is 1. The van der Waals surface area contributed by atoms with Crippen LogP contribution < -0.4 is 20.3 Å². The van der Waals surface area contributed by atoms with Crippen LogP contribution in [0.15, 0.2) is 42.6 Å². The van der Waals surface area contributed by atoms with Crippen LogP contribution in [0.1, 0.15) is 22.8 Å². The minimum atomic E-state index is -0.312. The van der Waals surface area contributed by atoms with Crippen molar-refractivity contribution in [3.63, 3.8) is 0 Å². The third kappa shape index (κ3) is 5.92. The predicted molar refractivity (Wildman–Crippen MR) is 109 cm³/mol. The molecule has 1 atom stereocenters. The molecule has 2 aromatic rings. The molecule has 1 aromatic carbocycles. The van der Waals surface area contributed by atoms with E-state index in [4.69, 9.17) is 9.47 Å². The van der Waals surface area contributed by atoms with E-state index in [-0.39, 0.29) is 24.5 Å². The van der Waals surface area contributed by atoms with Crippen LogP contribution in [0.25, 0.3) is 0 Å². The molecule has 29 heavy (non-hydrogen) atoms. The summed E-state index contributed by atoms with van der Waals surface area (Å²) < 4.78 is 10.6. The molecule has 1 aliphatic heterocycles. The van der Waals surface area contributed by atoms with Crippen molar-refractivity contribution in [3.05, 3.63) is 53.7 Å². The topological polar surface area (TPSA) is 92.8 Å². The number of benzene rings is 1. The molecule has 0 aliphatic carbocycles. The molecule has 8 nitrogen and oxygen atoms in total. The fourth-order valence-electron chi connectivity index (χ4n) is 3.00. The van der Waals surface area contributed by atoms with Crippen molar-refractivity contribution in [2.45, 2.75) is 19.6 Å². The minimum absolute atomic E-state index is 0.0952. The molecular formula is C21H26N4O4. The van der Waals surface area contributed by atoms with Crippen molar-refractivity contribution in [1.82, 2.24) is 15.6 Å². The maximum Gasteiger partial charge on any atom is 0.251 e. The Morgan fingerprint density at radius 1 is 1.21 bits per heavy atom. The summed E-state index contributed by atoms with van der Waals surface area (Å²) in [7, 11) is 1.56. The van der Waals surface area contributed by atoms with Crippen molar-refractivity contribution >= 4 is 17.6 Å². The van der Waals surface area contributed by atoms with Gasteiger partial charge in [0.1, 0.15) is 11.6 Å². The number of carbonyl (C=O) groups excluding carboxylic acids is 2. The van der Waals surface area contributed by atoms with E-state index in [0.717, 1.165) is 24.5 Å². The Morgan fingerprint density at radius 3 is 2.66 bits per heavy atom. The largest absolute Gasteiger partial charge is 0.497 e. The van der Waals surface area contributed by atoms with Gasteiger partial charge in [-0.1, -0.05) is 6.07 Å². The van der Waals surface area contributed by atoms with Crippen LogP contribution in [0.3, 0.4) is 0 Å². The molecule has 2 N–H and O–H groups in total. The minimum Gasteiger partial charge on any atom is -0.497 e. The van der Waals surface area contributed by atoms with Crippen LogP contribution in [0.2, 0.25) is 0 Å². The molecule has 8 heteroatoms. The quantitative estimate of drug-likeness (QED) is 0.732. The molecule has 154 valence electrons. The Labute approximate surface area is 170 Å². The number of morpholine rings is 1. The maximum atomic E-state index is 12.1. The van der Waals surface area contributed by atoms with E-state index in [1.807, 2.05) is 19.1 Å². The SMILES string of the molecule is COc1ccc(C(=O)NCC(=O)NCc2ccc(N3CCOC(C)C3)nc2)cc1. The Bertz CT molecular complexity index is 824.